The molecule has 0 unspecified atom stereocenters. The lowest BCUT2D eigenvalue weighted by molar-refractivity contribution is -0.167. The Hall–Kier alpha value is -2.11. The average molecular weight is 1060 g/mol. The van der Waals surface area contributed by atoms with E-state index in [9.17, 15) is 14.4 Å². The van der Waals surface area contributed by atoms with Crippen LogP contribution in [0, 0.1) is 0 Å². The van der Waals surface area contributed by atoms with E-state index in [-0.39, 0.29) is 31.1 Å². The fraction of sp³-hybridized carbons (Fsp3) is 0.899. The van der Waals surface area contributed by atoms with Crippen molar-refractivity contribution in [3.8, 4) is 0 Å². The maximum atomic E-state index is 12.9. The second-order valence-corrected chi connectivity index (χ2v) is 23.1. The van der Waals surface area contributed by atoms with E-state index < -0.39 is 6.10 Å². The maximum absolute atomic E-state index is 12.9. The Morgan fingerprint density at radius 2 is 0.440 bits per heavy atom. The number of ether oxygens (including phenoxy) is 3. The third-order valence-corrected chi connectivity index (χ3v) is 15.4. The number of carbonyl (C=O) groups excluding carboxylic acids is 3. The summed E-state index contributed by atoms with van der Waals surface area (Å²) < 4.78 is 17.0. The van der Waals surface area contributed by atoms with Crippen LogP contribution in [-0.2, 0) is 28.6 Å². The van der Waals surface area contributed by atoms with Gasteiger partial charge in [-0.25, -0.2) is 0 Å². The Bertz CT molecular complexity index is 1210. The van der Waals surface area contributed by atoms with Gasteiger partial charge < -0.3 is 14.2 Å². The Labute approximate surface area is 468 Å². The van der Waals surface area contributed by atoms with Crippen LogP contribution in [0.5, 0.6) is 0 Å². The molecule has 0 saturated carbocycles. The largest absolute Gasteiger partial charge is 0.462 e. The molecule has 0 spiro atoms. The number of hydrogen-bond donors (Lipinski definition) is 0. The second-order valence-electron chi connectivity index (χ2n) is 23.1. The highest BCUT2D eigenvalue weighted by molar-refractivity contribution is 5.71. The van der Waals surface area contributed by atoms with E-state index in [4.69, 9.17) is 14.2 Å². The number of esters is 3. The van der Waals surface area contributed by atoms with Gasteiger partial charge in [0.15, 0.2) is 6.10 Å². The summed E-state index contributed by atoms with van der Waals surface area (Å²) in [6.45, 7) is 6.71. The highest BCUT2D eigenvalue weighted by atomic mass is 16.6. The van der Waals surface area contributed by atoms with E-state index in [1.807, 2.05) is 0 Å². The molecule has 0 aromatic carbocycles. The van der Waals surface area contributed by atoms with Gasteiger partial charge in [0.1, 0.15) is 13.2 Å². The molecule has 0 aliphatic rings. The van der Waals surface area contributed by atoms with Crippen LogP contribution < -0.4 is 0 Å². The van der Waals surface area contributed by atoms with Crippen LogP contribution in [-0.4, -0.2) is 37.2 Å². The van der Waals surface area contributed by atoms with Crippen LogP contribution in [0.4, 0.5) is 0 Å². The van der Waals surface area contributed by atoms with Gasteiger partial charge in [0, 0.05) is 19.3 Å². The van der Waals surface area contributed by atoms with Crippen molar-refractivity contribution in [3.05, 3.63) is 24.3 Å². The summed E-state index contributed by atoms with van der Waals surface area (Å²) in [4.78, 5) is 38.4. The predicted octanol–water partition coefficient (Wildman–Crippen LogP) is 23.0. The van der Waals surface area contributed by atoms with Gasteiger partial charge in [-0.2, -0.15) is 0 Å². The van der Waals surface area contributed by atoms with Crippen molar-refractivity contribution in [3.63, 3.8) is 0 Å². The molecule has 6 nitrogen and oxygen atoms in total. The zero-order chi connectivity index (χ0) is 54.3. The molecule has 0 heterocycles. The molecular weight excluding hydrogens is 925 g/mol. The van der Waals surface area contributed by atoms with E-state index in [2.05, 4.69) is 45.1 Å². The molecule has 0 aromatic rings. The molecule has 75 heavy (non-hydrogen) atoms. The van der Waals surface area contributed by atoms with Gasteiger partial charge in [-0.1, -0.05) is 315 Å². The molecule has 0 N–H and O–H groups in total. The zero-order valence-corrected chi connectivity index (χ0v) is 50.8. The molecule has 0 amide bonds. The summed E-state index contributed by atoms with van der Waals surface area (Å²) in [5.74, 6) is -0.841. The summed E-state index contributed by atoms with van der Waals surface area (Å²) in [5, 5.41) is 0. The van der Waals surface area contributed by atoms with Crippen molar-refractivity contribution in [2.75, 3.05) is 13.2 Å². The third-order valence-electron chi connectivity index (χ3n) is 15.4. The number of allylic oxidation sites excluding steroid dienone is 4. The molecule has 0 saturated heterocycles. The summed E-state index contributed by atoms with van der Waals surface area (Å²) in [5.41, 5.74) is 0. The molecule has 0 rings (SSSR count). The first-order valence-electron chi connectivity index (χ1n) is 33.8. The van der Waals surface area contributed by atoms with E-state index in [1.165, 1.54) is 283 Å². The average Bonchev–Trinajstić information content (AvgIpc) is 3.41. The van der Waals surface area contributed by atoms with Crippen LogP contribution in [0.3, 0.4) is 0 Å². The molecule has 0 bridgehead atoms. The highest BCUT2D eigenvalue weighted by Gasteiger charge is 2.19. The summed E-state index contributed by atoms with van der Waals surface area (Å²) in [6, 6.07) is 0. The fourth-order valence-corrected chi connectivity index (χ4v) is 10.3. The summed E-state index contributed by atoms with van der Waals surface area (Å²) >= 11 is 0. The Balaban J connectivity index is 4.32. The van der Waals surface area contributed by atoms with Crippen LogP contribution in [0.1, 0.15) is 380 Å². The van der Waals surface area contributed by atoms with Gasteiger partial charge in [-0.3, -0.25) is 14.4 Å². The van der Waals surface area contributed by atoms with E-state index in [0.29, 0.717) is 19.3 Å². The van der Waals surface area contributed by atoms with Gasteiger partial charge in [-0.15, -0.1) is 0 Å². The third kappa shape index (κ3) is 62.6. The van der Waals surface area contributed by atoms with Crippen molar-refractivity contribution in [2.24, 2.45) is 0 Å². The molecule has 1 atom stereocenters. The lowest BCUT2D eigenvalue weighted by Gasteiger charge is -2.18. The highest BCUT2D eigenvalue weighted by Crippen LogP contribution is 2.18. The fourth-order valence-electron chi connectivity index (χ4n) is 10.3. The van der Waals surface area contributed by atoms with Gasteiger partial charge >= 0.3 is 17.9 Å². The molecule has 442 valence electrons. The SMILES string of the molecule is CCCCCCCC/C=C\CCCCCCCCCCCC(=O)OC[C@@H](COC(=O)CCCCCCCCCCCCCCCCCCCCC)OC(=O)CCCCCCCCCCC/C=C\CCCCCCCC. The molecule has 0 aliphatic heterocycles. The number of carbonyl (C=O) groups is 3. The van der Waals surface area contributed by atoms with Crippen molar-refractivity contribution in [2.45, 2.75) is 386 Å². The Kier molecular flexibility index (Phi) is 62.6. The van der Waals surface area contributed by atoms with Crippen molar-refractivity contribution in [1.29, 1.82) is 0 Å². The molecule has 6 heteroatoms. The number of unbranched alkanes of at least 4 members (excludes halogenated alkanes) is 48. The van der Waals surface area contributed by atoms with Gasteiger partial charge in [-0.05, 0) is 70.6 Å². The van der Waals surface area contributed by atoms with E-state index in [0.717, 1.165) is 57.8 Å². The van der Waals surface area contributed by atoms with E-state index in [1.54, 1.807) is 0 Å². The molecule has 0 aromatic heterocycles. The molecule has 0 radical (unpaired) electrons. The van der Waals surface area contributed by atoms with Gasteiger partial charge in [0.2, 0.25) is 0 Å². The van der Waals surface area contributed by atoms with Gasteiger partial charge in [0.25, 0.3) is 0 Å². The first-order valence-corrected chi connectivity index (χ1v) is 33.8. The standard InChI is InChI=1S/C69H130O6/c1-4-7-10-13-16-19-22-25-28-31-34-37-40-43-46-49-52-55-58-61-67(70)73-64-66(75-69(72)63-60-57-54-51-48-45-42-39-36-33-30-27-24-21-18-15-12-9-6-3)65-74-68(71)62-59-56-53-50-47-44-41-38-35-32-29-26-23-20-17-14-11-8-5-2/h25,27-28,30,66H,4-24,26,29,31-65H2,1-3H3/b28-25-,30-27-/t66-/m0/s1. The maximum Gasteiger partial charge on any atom is 0.306 e. The molecular formula is C69H130O6. The van der Waals surface area contributed by atoms with Crippen LogP contribution in [0.25, 0.3) is 0 Å². The van der Waals surface area contributed by atoms with Crippen molar-refractivity contribution in [1.82, 2.24) is 0 Å². The summed E-state index contributed by atoms with van der Waals surface area (Å²) in [7, 11) is 0. The first-order chi connectivity index (χ1) is 37.0. The van der Waals surface area contributed by atoms with Crippen LogP contribution in [0.15, 0.2) is 24.3 Å². The monoisotopic (exact) mass is 1050 g/mol. The van der Waals surface area contributed by atoms with Crippen molar-refractivity contribution >= 4 is 17.9 Å². The van der Waals surface area contributed by atoms with E-state index >= 15 is 0 Å². The Morgan fingerprint density at radius 1 is 0.253 bits per heavy atom. The lowest BCUT2D eigenvalue weighted by atomic mass is 10.0. The minimum Gasteiger partial charge on any atom is -0.462 e. The topological polar surface area (TPSA) is 78.9 Å². The van der Waals surface area contributed by atoms with Crippen LogP contribution in [0.2, 0.25) is 0 Å². The number of hydrogen-bond acceptors (Lipinski definition) is 6. The Morgan fingerprint density at radius 3 is 0.667 bits per heavy atom. The van der Waals surface area contributed by atoms with Crippen molar-refractivity contribution < 1.29 is 28.6 Å². The van der Waals surface area contributed by atoms with Gasteiger partial charge in [0.05, 0.1) is 0 Å². The lowest BCUT2D eigenvalue weighted by Crippen LogP contribution is -2.30. The smallest absolute Gasteiger partial charge is 0.306 e. The first kappa shape index (κ1) is 72.9. The quantitative estimate of drug-likeness (QED) is 0.0261. The minimum atomic E-state index is -0.771. The minimum absolute atomic E-state index is 0.0670. The number of rotatable bonds is 63. The summed E-state index contributed by atoms with van der Waals surface area (Å²) in [6.07, 6.45) is 77.6. The van der Waals surface area contributed by atoms with Crippen LogP contribution >= 0.6 is 0 Å². The molecule has 0 aliphatic carbocycles. The predicted molar refractivity (Wildman–Crippen MR) is 326 cm³/mol. The molecule has 0 fully saturated rings. The zero-order valence-electron chi connectivity index (χ0n) is 50.8. The second kappa shape index (κ2) is 64.4. The normalized spacial score (nSPS) is 12.1.